The number of halogens is 1. The van der Waals surface area contributed by atoms with Crippen molar-refractivity contribution in [2.24, 2.45) is 4.99 Å². The Hall–Kier alpha value is -1.58. The molecule has 112 valence electrons. The van der Waals surface area contributed by atoms with E-state index in [1.807, 2.05) is 26.0 Å². The zero-order valence-corrected chi connectivity index (χ0v) is 13.0. The van der Waals surface area contributed by atoms with Crippen LogP contribution in [0.25, 0.3) is 0 Å². The van der Waals surface area contributed by atoms with Gasteiger partial charge in [0.05, 0.1) is 0 Å². The van der Waals surface area contributed by atoms with Gasteiger partial charge in [0, 0.05) is 25.6 Å². The quantitative estimate of drug-likeness (QED) is 0.477. The van der Waals surface area contributed by atoms with Gasteiger partial charge in [0.1, 0.15) is 5.82 Å². The average molecular weight is 279 g/mol. The molecule has 1 aromatic carbocycles. The second-order valence-electron chi connectivity index (χ2n) is 5.57. The van der Waals surface area contributed by atoms with E-state index in [0.717, 1.165) is 30.9 Å². The molecule has 0 unspecified atom stereocenters. The summed E-state index contributed by atoms with van der Waals surface area (Å²) in [7, 11) is 1.75. The molecule has 0 saturated carbocycles. The van der Waals surface area contributed by atoms with Crippen LogP contribution in [-0.2, 0) is 5.41 Å². The van der Waals surface area contributed by atoms with Crippen molar-refractivity contribution in [2.75, 3.05) is 20.1 Å². The fourth-order valence-corrected chi connectivity index (χ4v) is 2.01. The van der Waals surface area contributed by atoms with Crippen LogP contribution in [0.3, 0.4) is 0 Å². The normalized spacial score (nSPS) is 12.3. The molecule has 2 N–H and O–H groups in total. The molecule has 0 heterocycles. The molecule has 0 atom stereocenters. The highest BCUT2D eigenvalue weighted by Gasteiger charge is 2.23. The lowest BCUT2D eigenvalue weighted by Gasteiger charge is -2.27. The van der Waals surface area contributed by atoms with Crippen LogP contribution in [0.4, 0.5) is 4.39 Å². The monoisotopic (exact) mass is 279 g/mol. The van der Waals surface area contributed by atoms with Crippen molar-refractivity contribution < 1.29 is 4.39 Å². The molecule has 0 aliphatic heterocycles. The Kier molecular flexibility index (Phi) is 6.49. The predicted octanol–water partition coefficient (Wildman–Crippen LogP) is 3.07. The van der Waals surface area contributed by atoms with E-state index in [2.05, 4.69) is 22.5 Å². The molecule has 0 saturated heterocycles. The summed E-state index contributed by atoms with van der Waals surface area (Å²) < 4.78 is 13.9. The Labute approximate surface area is 121 Å². The number of hydrogen-bond donors (Lipinski definition) is 2. The lowest BCUT2D eigenvalue weighted by Crippen LogP contribution is -2.44. The van der Waals surface area contributed by atoms with Crippen molar-refractivity contribution in [3.63, 3.8) is 0 Å². The van der Waals surface area contributed by atoms with Crippen molar-refractivity contribution in [3.05, 3.63) is 35.6 Å². The summed E-state index contributed by atoms with van der Waals surface area (Å²) in [6.45, 7) is 7.73. The number of guanidine groups is 1. The molecule has 4 heteroatoms. The fourth-order valence-electron chi connectivity index (χ4n) is 2.01. The minimum absolute atomic E-state index is 0.159. The molecule has 0 radical (unpaired) electrons. The van der Waals surface area contributed by atoms with Crippen molar-refractivity contribution in [3.8, 4) is 0 Å². The molecular formula is C16H26FN3. The van der Waals surface area contributed by atoms with Gasteiger partial charge in [-0.25, -0.2) is 4.39 Å². The first-order valence-corrected chi connectivity index (χ1v) is 7.20. The highest BCUT2D eigenvalue weighted by atomic mass is 19.1. The molecule has 0 aromatic heterocycles. The first-order valence-electron chi connectivity index (χ1n) is 7.20. The largest absolute Gasteiger partial charge is 0.356 e. The standard InChI is InChI=1S/C16H26FN3/c1-5-6-11-19-15(18-4)20-12-16(2,3)13-9-7-8-10-14(13)17/h7-10H,5-6,11-12H2,1-4H3,(H2,18,19,20). The topological polar surface area (TPSA) is 36.4 Å². The van der Waals surface area contributed by atoms with E-state index in [0.29, 0.717) is 6.54 Å². The SMILES string of the molecule is CCCCNC(=NC)NCC(C)(C)c1ccccc1F. The van der Waals surface area contributed by atoms with Crippen LogP contribution in [0.5, 0.6) is 0 Å². The van der Waals surface area contributed by atoms with Crippen molar-refractivity contribution >= 4 is 5.96 Å². The number of unbranched alkanes of at least 4 members (excludes halogenated alkanes) is 1. The van der Waals surface area contributed by atoms with Gasteiger partial charge in [0.25, 0.3) is 0 Å². The second-order valence-corrected chi connectivity index (χ2v) is 5.57. The van der Waals surface area contributed by atoms with Gasteiger partial charge in [0.15, 0.2) is 5.96 Å². The smallest absolute Gasteiger partial charge is 0.191 e. The number of rotatable bonds is 6. The van der Waals surface area contributed by atoms with Crippen LogP contribution in [0.2, 0.25) is 0 Å². The van der Waals surface area contributed by atoms with Gasteiger partial charge in [-0.05, 0) is 18.1 Å². The molecule has 1 aromatic rings. The molecule has 1 rings (SSSR count). The molecule has 0 aliphatic rings. The maximum absolute atomic E-state index is 13.9. The van der Waals surface area contributed by atoms with Crippen LogP contribution in [0.15, 0.2) is 29.3 Å². The first-order chi connectivity index (χ1) is 9.51. The third kappa shape index (κ3) is 4.83. The minimum atomic E-state index is -0.298. The van der Waals surface area contributed by atoms with Crippen LogP contribution >= 0.6 is 0 Å². The maximum atomic E-state index is 13.9. The molecule has 0 aliphatic carbocycles. The van der Waals surface area contributed by atoms with Gasteiger partial charge in [0.2, 0.25) is 0 Å². The minimum Gasteiger partial charge on any atom is -0.356 e. The predicted molar refractivity (Wildman–Crippen MR) is 83.7 cm³/mol. The highest BCUT2D eigenvalue weighted by Crippen LogP contribution is 2.24. The first kappa shape index (κ1) is 16.5. The van der Waals surface area contributed by atoms with Gasteiger partial charge in [-0.1, -0.05) is 45.4 Å². The summed E-state index contributed by atoms with van der Waals surface area (Å²) in [4.78, 5) is 4.18. The summed E-state index contributed by atoms with van der Waals surface area (Å²) >= 11 is 0. The summed E-state index contributed by atoms with van der Waals surface area (Å²) in [6, 6.07) is 6.93. The van der Waals surface area contributed by atoms with E-state index in [1.54, 1.807) is 13.1 Å². The van der Waals surface area contributed by atoms with Crippen molar-refractivity contribution in [2.45, 2.75) is 39.0 Å². The zero-order chi connectivity index (χ0) is 15.0. The summed E-state index contributed by atoms with van der Waals surface area (Å²) in [5.74, 6) is 0.607. The third-order valence-corrected chi connectivity index (χ3v) is 3.35. The van der Waals surface area contributed by atoms with Gasteiger partial charge >= 0.3 is 0 Å². The Morgan fingerprint density at radius 2 is 1.95 bits per heavy atom. The van der Waals surface area contributed by atoms with Crippen molar-refractivity contribution in [1.29, 1.82) is 0 Å². The molecule has 20 heavy (non-hydrogen) atoms. The molecule has 0 amide bonds. The van der Waals surface area contributed by atoms with E-state index in [9.17, 15) is 4.39 Å². The molecule has 3 nitrogen and oxygen atoms in total. The van der Waals surface area contributed by atoms with Gasteiger partial charge in [-0.3, -0.25) is 4.99 Å². The number of nitrogens with zero attached hydrogens (tertiary/aromatic N) is 1. The summed E-state index contributed by atoms with van der Waals surface area (Å²) in [5.41, 5.74) is 0.421. The van der Waals surface area contributed by atoms with Gasteiger partial charge < -0.3 is 10.6 Å². The van der Waals surface area contributed by atoms with E-state index in [4.69, 9.17) is 0 Å². The van der Waals surface area contributed by atoms with Crippen LogP contribution in [-0.4, -0.2) is 26.1 Å². The number of aliphatic imine (C=N–C) groups is 1. The third-order valence-electron chi connectivity index (χ3n) is 3.35. The van der Waals surface area contributed by atoms with E-state index >= 15 is 0 Å². The Morgan fingerprint density at radius 3 is 2.55 bits per heavy atom. The van der Waals surface area contributed by atoms with Crippen LogP contribution in [0.1, 0.15) is 39.2 Å². The van der Waals surface area contributed by atoms with Crippen LogP contribution in [0, 0.1) is 5.82 Å². The Bertz CT molecular complexity index is 441. The number of hydrogen-bond acceptors (Lipinski definition) is 1. The number of nitrogens with one attached hydrogen (secondary N) is 2. The maximum Gasteiger partial charge on any atom is 0.191 e. The van der Waals surface area contributed by atoms with Crippen LogP contribution < -0.4 is 10.6 Å². The van der Waals surface area contributed by atoms with Gasteiger partial charge in [-0.2, -0.15) is 0 Å². The molecule has 0 bridgehead atoms. The second kappa shape index (κ2) is 7.88. The molecule has 0 fully saturated rings. The lowest BCUT2D eigenvalue weighted by atomic mass is 9.84. The van der Waals surface area contributed by atoms with E-state index < -0.39 is 0 Å². The summed E-state index contributed by atoms with van der Waals surface area (Å²) in [6.07, 6.45) is 2.25. The Balaban J connectivity index is 2.60. The fraction of sp³-hybridized carbons (Fsp3) is 0.562. The van der Waals surface area contributed by atoms with E-state index in [1.165, 1.54) is 6.07 Å². The van der Waals surface area contributed by atoms with Crippen molar-refractivity contribution in [1.82, 2.24) is 10.6 Å². The average Bonchev–Trinajstić information content (AvgIpc) is 2.43. The Morgan fingerprint density at radius 1 is 1.25 bits per heavy atom. The number of benzene rings is 1. The molecule has 0 spiro atoms. The van der Waals surface area contributed by atoms with Gasteiger partial charge in [-0.15, -0.1) is 0 Å². The zero-order valence-electron chi connectivity index (χ0n) is 13.0. The lowest BCUT2D eigenvalue weighted by molar-refractivity contribution is 0.473. The summed E-state index contributed by atoms with van der Waals surface area (Å²) in [5, 5.41) is 6.52. The molecular weight excluding hydrogens is 253 g/mol. The van der Waals surface area contributed by atoms with E-state index in [-0.39, 0.29) is 11.2 Å². The highest BCUT2D eigenvalue weighted by molar-refractivity contribution is 5.79.